The summed E-state index contributed by atoms with van der Waals surface area (Å²) in [6.45, 7) is 0. The SMILES string of the molecule is Nc1ccc(Cl)cc1NC(=O)c1ccc(Br)c(Cl)c1. The van der Waals surface area contributed by atoms with E-state index in [0.29, 0.717) is 27.0 Å². The zero-order valence-corrected chi connectivity index (χ0v) is 12.7. The van der Waals surface area contributed by atoms with E-state index in [1.807, 2.05) is 0 Å². The molecule has 3 N–H and O–H groups in total. The van der Waals surface area contributed by atoms with E-state index in [9.17, 15) is 4.79 Å². The van der Waals surface area contributed by atoms with E-state index >= 15 is 0 Å². The van der Waals surface area contributed by atoms with Crippen molar-refractivity contribution in [3.63, 3.8) is 0 Å². The highest BCUT2D eigenvalue weighted by molar-refractivity contribution is 9.10. The Labute approximate surface area is 128 Å². The lowest BCUT2D eigenvalue weighted by atomic mass is 10.2. The number of nitrogens with two attached hydrogens (primary N) is 1. The first-order valence-corrected chi connectivity index (χ1v) is 6.83. The van der Waals surface area contributed by atoms with E-state index in [1.54, 1.807) is 36.4 Å². The average molecular weight is 360 g/mol. The number of amides is 1. The number of rotatable bonds is 2. The number of hydrogen-bond acceptors (Lipinski definition) is 2. The second-order valence-electron chi connectivity index (χ2n) is 3.81. The molecule has 0 aromatic heterocycles. The summed E-state index contributed by atoms with van der Waals surface area (Å²) < 4.78 is 0.730. The fraction of sp³-hybridized carbons (Fsp3) is 0. The lowest BCUT2D eigenvalue weighted by Crippen LogP contribution is -2.13. The largest absolute Gasteiger partial charge is 0.397 e. The Balaban J connectivity index is 2.25. The van der Waals surface area contributed by atoms with Crippen LogP contribution in [0.25, 0.3) is 0 Å². The highest BCUT2D eigenvalue weighted by Crippen LogP contribution is 2.26. The molecule has 2 aromatic rings. The molecule has 0 aliphatic rings. The Morgan fingerprint density at radius 1 is 1.16 bits per heavy atom. The molecule has 1 amide bonds. The Morgan fingerprint density at radius 2 is 1.89 bits per heavy atom. The van der Waals surface area contributed by atoms with Crippen LogP contribution in [0.2, 0.25) is 10.0 Å². The molecule has 3 nitrogen and oxygen atoms in total. The summed E-state index contributed by atoms with van der Waals surface area (Å²) >= 11 is 15.1. The maximum atomic E-state index is 12.1. The van der Waals surface area contributed by atoms with Crippen molar-refractivity contribution < 1.29 is 4.79 Å². The van der Waals surface area contributed by atoms with Crippen LogP contribution in [0.4, 0.5) is 11.4 Å². The molecule has 0 unspecified atom stereocenters. The molecule has 0 atom stereocenters. The van der Waals surface area contributed by atoms with Crippen LogP contribution < -0.4 is 11.1 Å². The van der Waals surface area contributed by atoms with Gasteiger partial charge in [0.05, 0.1) is 16.4 Å². The van der Waals surface area contributed by atoms with Gasteiger partial charge in [-0.2, -0.15) is 0 Å². The Morgan fingerprint density at radius 3 is 2.58 bits per heavy atom. The fourth-order valence-electron chi connectivity index (χ4n) is 1.47. The highest BCUT2D eigenvalue weighted by Gasteiger charge is 2.10. The molecule has 6 heteroatoms. The van der Waals surface area contributed by atoms with Crippen molar-refractivity contribution in [2.75, 3.05) is 11.1 Å². The zero-order chi connectivity index (χ0) is 14.0. The molecule has 0 aliphatic heterocycles. The molecule has 0 saturated heterocycles. The monoisotopic (exact) mass is 358 g/mol. The van der Waals surface area contributed by atoms with Crippen LogP contribution in [0.3, 0.4) is 0 Å². The molecule has 2 aromatic carbocycles. The van der Waals surface area contributed by atoms with Crippen molar-refractivity contribution >= 4 is 56.4 Å². The van der Waals surface area contributed by atoms with E-state index in [2.05, 4.69) is 21.2 Å². The van der Waals surface area contributed by atoms with Gasteiger partial charge in [0.25, 0.3) is 5.91 Å². The summed E-state index contributed by atoms with van der Waals surface area (Å²) in [6.07, 6.45) is 0. The van der Waals surface area contributed by atoms with Crippen molar-refractivity contribution in [2.45, 2.75) is 0 Å². The first kappa shape index (κ1) is 14.2. The normalized spacial score (nSPS) is 10.3. The van der Waals surface area contributed by atoms with Gasteiger partial charge in [-0.05, 0) is 52.3 Å². The van der Waals surface area contributed by atoms with Gasteiger partial charge >= 0.3 is 0 Å². The summed E-state index contributed by atoms with van der Waals surface area (Å²) in [5.41, 5.74) is 7.11. The van der Waals surface area contributed by atoms with Crippen LogP contribution in [0.1, 0.15) is 10.4 Å². The second kappa shape index (κ2) is 5.82. The molecule has 0 heterocycles. The molecule has 0 radical (unpaired) electrons. The van der Waals surface area contributed by atoms with Gasteiger partial charge in [-0.25, -0.2) is 0 Å². The summed E-state index contributed by atoms with van der Waals surface area (Å²) in [7, 11) is 0. The molecule has 0 spiro atoms. The molecule has 0 saturated carbocycles. The fourth-order valence-corrected chi connectivity index (χ4v) is 2.07. The van der Waals surface area contributed by atoms with Gasteiger partial charge < -0.3 is 11.1 Å². The van der Waals surface area contributed by atoms with Gasteiger partial charge in [0.15, 0.2) is 0 Å². The molecule has 0 aliphatic carbocycles. The smallest absolute Gasteiger partial charge is 0.255 e. The van der Waals surface area contributed by atoms with E-state index in [4.69, 9.17) is 28.9 Å². The van der Waals surface area contributed by atoms with Gasteiger partial charge in [-0.15, -0.1) is 0 Å². The first-order chi connectivity index (χ1) is 8.97. The predicted octanol–water partition coefficient (Wildman–Crippen LogP) is 4.59. The molecule has 19 heavy (non-hydrogen) atoms. The molecule has 98 valence electrons. The minimum Gasteiger partial charge on any atom is -0.397 e. The van der Waals surface area contributed by atoms with Crippen LogP contribution >= 0.6 is 39.1 Å². The van der Waals surface area contributed by atoms with Crippen LogP contribution in [0.5, 0.6) is 0 Å². The molecular formula is C13H9BrCl2N2O. The molecule has 2 rings (SSSR count). The average Bonchev–Trinajstić information content (AvgIpc) is 2.37. The van der Waals surface area contributed by atoms with Crippen molar-refractivity contribution in [1.29, 1.82) is 0 Å². The number of nitrogen functional groups attached to an aromatic ring is 1. The van der Waals surface area contributed by atoms with E-state index in [1.165, 1.54) is 0 Å². The molecule has 0 bridgehead atoms. The van der Waals surface area contributed by atoms with Crippen LogP contribution in [0, 0.1) is 0 Å². The maximum Gasteiger partial charge on any atom is 0.255 e. The first-order valence-electron chi connectivity index (χ1n) is 5.29. The van der Waals surface area contributed by atoms with Crippen molar-refractivity contribution in [3.05, 3.63) is 56.5 Å². The van der Waals surface area contributed by atoms with Crippen LogP contribution in [0.15, 0.2) is 40.9 Å². The number of hydrogen-bond donors (Lipinski definition) is 2. The van der Waals surface area contributed by atoms with E-state index in [0.717, 1.165) is 4.47 Å². The van der Waals surface area contributed by atoms with Gasteiger partial charge in [0.2, 0.25) is 0 Å². The van der Waals surface area contributed by atoms with Crippen molar-refractivity contribution in [1.82, 2.24) is 0 Å². The van der Waals surface area contributed by atoms with E-state index in [-0.39, 0.29) is 5.91 Å². The minimum absolute atomic E-state index is 0.302. The number of halogens is 3. The third-order valence-corrected chi connectivity index (χ3v) is 3.91. The predicted molar refractivity (Wildman–Crippen MR) is 83.0 cm³/mol. The lowest BCUT2D eigenvalue weighted by Gasteiger charge is -2.09. The van der Waals surface area contributed by atoms with E-state index < -0.39 is 0 Å². The zero-order valence-electron chi connectivity index (χ0n) is 9.58. The third-order valence-electron chi connectivity index (χ3n) is 2.45. The van der Waals surface area contributed by atoms with Crippen molar-refractivity contribution in [2.24, 2.45) is 0 Å². The van der Waals surface area contributed by atoms with Crippen LogP contribution in [-0.4, -0.2) is 5.91 Å². The highest BCUT2D eigenvalue weighted by atomic mass is 79.9. The summed E-state index contributed by atoms with van der Waals surface area (Å²) in [5.74, 6) is -0.302. The Hall–Kier alpha value is -1.23. The standard InChI is InChI=1S/C13H9BrCl2N2O/c14-9-3-1-7(5-10(9)16)13(19)18-12-6-8(15)2-4-11(12)17/h1-6H,17H2,(H,18,19). The molecule has 0 fully saturated rings. The maximum absolute atomic E-state index is 12.1. The van der Waals surface area contributed by atoms with Gasteiger partial charge in [-0.1, -0.05) is 23.2 Å². The lowest BCUT2D eigenvalue weighted by molar-refractivity contribution is 0.102. The summed E-state index contributed by atoms with van der Waals surface area (Å²) in [6, 6.07) is 9.82. The minimum atomic E-state index is -0.302. The number of nitrogens with one attached hydrogen (secondary N) is 1. The summed E-state index contributed by atoms with van der Waals surface area (Å²) in [5, 5.41) is 3.65. The van der Waals surface area contributed by atoms with Gasteiger partial charge in [-0.3, -0.25) is 4.79 Å². The van der Waals surface area contributed by atoms with Gasteiger partial charge in [0, 0.05) is 15.1 Å². The Kier molecular flexibility index (Phi) is 4.34. The second-order valence-corrected chi connectivity index (χ2v) is 5.51. The van der Waals surface area contributed by atoms with Crippen molar-refractivity contribution in [3.8, 4) is 0 Å². The topological polar surface area (TPSA) is 55.1 Å². The number of carbonyl (C=O) groups is 1. The van der Waals surface area contributed by atoms with Gasteiger partial charge in [0.1, 0.15) is 0 Å². The number of carbonyl (C=O) groups excluding carboxylic acids is 1. The Bertz CT molecular complexity index is 647. The third kappa shape index (κ3) is 3.41. The quantitative estimate of drug-likeness (QED) is 0.770. The summed E-state index contributed by atoms with van der Waals surface area (Å²) in [4.78, 5) is 12.1. The van der Waals surface area contributed by atoms with Crippen LogP contribution in [-0.2, 0) is 0 Å². The molecular weight excluding hydrogens is 351 g/mol. The number of benzene rings is 2. The number of anilines is 2.